The molecule has 6 nitrogen and oxygen atoms in total. The second-order valence-electron chi connectivity index (χ2n) is 4.28. The summed E-state index contributed by atoms with van der Waals surface area (Å²) in [5, 5.41) is 12.5. The Morgan fingerprint density at radius 1 is 1.48 bits per heavy atom. The molecule has 0 aliphatic rings. The predicted octanol–water partition coefficient (Wildman–Crippen LogP) is 2.39. The first-order valence-electron chi connectivity index (χ1n) is 5.75. The maximum atomic E-state index is 12.7. The highest BCUT2D eigenvalue weighted by Crippen LogP contribution is 2.32. The standard InChI is InChI=1S/C12H11F3N2O4/c1-20-6-8-2-7(16-21-8)3-17-4-9(11(18)19)10(5-17)12(13,14)15/h2,4-5H,3,6H2,1H3,(H,18,19). The minimum atomic E-state index is -4.73. The lowest BCUT2D eigenvalue weighted by molar-refractivity contribution is -0.138. The second-order valence-corrected chi connectivity index (χ2v) is 4.28. The van der Waals surface area contributed by atoms with Crippen molar-refractivity contribution in [2.45, 2.75) is 19.3 Å². The van der Waals surface area contributed by atoms with E-state index < -0.39 is 23.3 Å². The third-order valence-electron chi connectivity index (χ3n) is 2.65. The van der Waals surface area contributed by atoms with Crippen LogP contribution in [0.1, 0.15) is 27.4 Å². The number of methoxy groups -OCH3 is 1. The van der Waals surface area contributed by atoms with Gasteiger partial charge in [0.1, 0.15) is 12.3 Å². The summed E-state index contributed by atoms with van der Waals surface area (Å²) in [6.07, 6.45) is -3.09. The highest BCUT2D eigenvalue weighted by atomic mass is 19.4. The summed E-state index contributed by atoms with van der Waals surface area (Å²) in [5.41, 5.74) is -1.64. The van der Waals surface area contributed by atoms with E-state index in [9.17, 15) is 18.0 Å². The first-order valence-corrected chi connectivity index (χ1v) is 5.75. The van der Waals surface area contributed by atoms with E-state index >= 15 is 0 Å². The highest BCUT2D eigenvalue weighted by Gasteiger charge is 2.37. The summed E-state index contributed by atoms with van der Waals surface area (Å²) < 4.78 is 49.0. The second kappa shape index (κ2) is 5.60. The Bertz CT molecular complexity index is 645. The van der Waals surface area contributed by atoms with Gasteiger partial charge in [0.25, 0.3) is 0 Å². The average Bonchev–Trinajstić information content (AvgIpc) is 2.96. The number of rotatable bonds is 5. The molecule has 0 aliphatic carbocycles. The average molecular weight is 304 g/mol. The van der Waals surface area contributed by atoms with Crippen molar-refractivity contribution in [3.8, 4) is 0 Å². The molecule has 0 unspecified atom stereocenters. The van der Waals surface area contributed by atoms with Crippen molar-refractivity contribution in [1.29, 1.82) is 0 Å². The minimum Gasteiger partial charge on any atom is -0.478 e. The minimum absolute atomic E-state index is 0.0381. The summed E-state index contributed by atoms with van der Waals surface area (Å²) in [5.74, 6) is -1.21. The summed E-state index contributed by atoms with van der Waals surface area (Å²) in [7, 11) is 1.46. The number of hydrogen-bond acceptors (Lipinski definition) is 4. The van der Waals surface area contributed by atoms with E-state index in [0.717, 1.165) is 17.0 Å². The fourth-order valence-corrected chi connectivity index (χ4v) is 1.82. The molecule has 0 spiro atoms. The van der Waals surface area contributed by atoms with Crippen LogP contribution in [0.2, 0.25) is 0 Å². The lowest BCUT2D eigenvalue weighted by Gasteiger charge is -2.04. The molecule has 2 heterocycles. The summed E-state index contributed by atoms with van der Waals surface area (Å²) in [6, 6.07) is 1.53. The molecule has 21 heavy (non-hydrogen) atoms. The topological polar surface area (TPSA) is 77.5 Å². The Labute approximate surface area is 116 Å². The molecule has 0 radical (unpaired) electrons. The van der Waals surface area contributed by atoms with E-state index in [0.29, 0.717) is 11.5 Å². The van der Waals surface area contributed by atoms with Crippen molar-refractivity contribution in [2.75, 3.05) is 7.11 Å². The zero-order valence-electron chi connectivity index (χ0n) is 10.8. The summed E-state index contributed by atoms with van der Waals surface area (Å²) in [4.78, 5) is 10.9. The van der Waals surface area contributed by atoms with Crippen LogP contribution in [0.5, 0.6) is 0 Å². The molecule has 9 heteroatoms. The van der Waals surface area contributed by atoms with Crippen LogP contribution in [0.4, 0.5) is 13.2 Å². The van der Waals surface area contributed by atoms with Crippen molar-refractivity contribution in [3.63, 3.8) is 0 Å². The summed E-state index contributed by atoms with van der Waals surface area (Å²) >= 11 is 0. The smallest absolute Gasteiger partial charge is 0.418 e. The van der Waals surface area contributed by atoms with Crippen LogP contribution < -0.4 is 0 Å². The van der Waals surface area contributed by atoms with E-state index in [1.54, 1.807) is 0 Å². The normalized spacial score (nSPS) is 11.8. The van der Waals surface area contributed by atoms with Gasteiger partial charge in [-0.15, -0.1) is 0 Å². The van der Waals surface area contributed by atoms with Gasteiger partial charge in [-0.25, -0.2) is 4.79 Å². The number of ether oxygens (including phenoxy) is 1. The summed E-state index contributed by atoms with van der Waals surface area (Å²) in [6.45, 7) is 0.149. The third kappa shape index (κ3) is 3.43. The van der Waals surface area contributed by atoms with Gasteiger partial charge in [-0.05, 0) is 0 Å². The fraction of sp³-hybridized carbons (Fsp3) is 0.333. The van der Waals surface area contributed by atoms with Gasteiger partial charge in [-0.1, -0.05) is 5.16 Å². The van der Waals surface area contributed by atoms with E-state index in [4.69, 9.17) is 14.4 Å². The molecule has 0 fully saturated rings. The quantitative estimate of drug-likeness (QED) is 0.917. The number of carboxylic acid groups (broad SMARTS) is 1. The number of carboxylic acids is 1. The monoisotopic (exact) mass is 304 g/mol. The molecular weight excluding hydrogens is 293 g/mol. The van der Waals surface area contributed by atoms with Crippen molar-refractivity contribution in [1.82, 2.24) is 9.72 Å². The molecule has 0 atom stereocenters. The van der Waals surface area contributed by atoms with Gasteiger partial charge < -0.3 is 18.9 Å². The maximum Gasteiger partial charge on any atom is 0.418 e. The van der Waals surface area contributed by atoms with Crippen LogP contribution >= 0.6 is 0 Å². The number of aromatic nitrogens is 2. The van der Waals surface area contributed by atoms with Gasteiger partial charge >= 0.3 is 12.1 Å². The Hall–Kier alpha value is -2.29. The number of hydrogen-bond donors (Lipinski definition) is 1. The zero-order chi connectivity index (χ0) is 15.6. The van der Waals surface area contributed by atoms with E-state index in [1.165, 1.54) is 13.2 Å². The fourth-order valence-electron chi connectivity index (χ4n) is 1.82. The molecule has 0 saturated carbocycles. The van der Waals surface area contributed by atoms with Gasteiger partial charge in [0, 0.05) is 25.6 Å². The lowest BCUT2D eigenvalue weighted by Crippen LogP contribution is -2.09. The molecule has 0 amide bonds. The van der Waals surface area contributed by atoms with Crippen LogP contribution in [-0.2, 0) is 24.1 Å². The first kappa shape index (κ1) is 15.1. The van der Waals surface area contributed by atoms with Crippen LogP contribution in [0.15, 0.2) is 23.0 Å². The Kier molecular flexibility index (Phi) is 4.03. The van der Waals surface area contributed by atoms with Crippen LogP contribution in [0.3, 0.4) is 0 Å². The first-order chi connectivity index (χ1) is 9.81. The van der Waals surface area contributed by atoms with E-state index in [1.807, 2.05) is 0 Å². The molecular formula is C12H11F3N2O4. The predicted molar refractivity (Wildman–Crippen MR) is 62.7 cm³/mol. The SMILES string of the molecule is COCc1cc(Cn2cc(C(=O)O)c(C(F)(F)F)c2)no1. The van der Waals surface area contributed by atoms with E-state index in [2.05, 4.69) is 5.16 Å². The third-order valence-corrected chi connectivity index (χ3v) is 2.65. The van der Waals surface area contributed by atoms with Crippen LogP contribution in [0, 0.1) is 0 Å². The van der Waals surface area contributed by atoms with Gasteiger partial charge in [0.15, 0.2) is 5.76 Å². The van der Waals surface area contributed by atoms with Crippen molar-refractivity contribution >= 4 is 5.97 Å². The zero-order valence-corrected chi connectivity index (χ0v) is 10.8. The molecule has 2 aromatic rings. The molecule has 114 valence electrons. The molecule has 0 aromatic carbocycles. The maximum absolute atomic E-state index is 12.7. The molecule has 0 saturated heterocycles. The number of nitrogens with zero attached hydrogens (tertiary/aromatic N) is 2. The lowest BCUT2D eigenvalue weighted by atomic mass is 10.2. The molecule has 2 rings (SSSR count). The van der Waals surface area contributed by atoms with Crippen molar-refractivity contribution in [2.24, 2.45) is 0 Å². The molecule has 0 aliphatic heterocycles. The molecule has 2 aromatic heterocycles. The van der Waals surface area contributed by atoms with Gasteiger partial charge in [-0.2, -0.15) is 13.2 Å². The Morgan fingerprint density at radius 3 is 2.71 bits per heavy atom. The number of alkyl halides is 3. The van der Waals surface area contributed by atoms with Gasteiger partial charge in [-0.3, -0.25) is 0 Å². The van der Waals surface area contributed by atoms with Crippen molar-refractivity contribution in [3.05, 3.63) is 41.0 Å². The van der Waals surface area contributed by atoms with Gasteiger partial charge in [0.05, 0.1) is 17.7 Å². The number of carbonyl (C=O) groups is 1. The van der Waals surface area contributed by atoms with Gasteiger partial charge in [0.2, 0.25) is 0 Å². The highest BCUT2D eigenvalue weighted by molar-refractivity contribution is 5.89. The van der Waals surface area contributed by atoms with E-state index in [-0.39, 0.29) is 13.2 Å². The largest absolute Gasteiger partial charge is 0.478 e. The van der Waals surface area contributed by atoms with Crippen LogP contribution in [0.25, 0.3) is 0 Å². The van der Waals surface area contributed by atoms with Crippen LogP contribution in [-0.4, -0.2) is 27.9 Å². The van der Waals surface area contributed by atoms with Crippen molar-refractivity contribution < 1.29 is 32.3 Å². The Balaban J connectivity index is 2.26. The Morgan fingerprint density at radius 2 is 2.19 bits per heavy atom. The number of aromatic carboxylic acids is 1. The molecule has 1 N–H and O–H groups in total. The number of halogens is 3. The molecule has 0 bridgehead atoms.